The van der Waals surface area contributed by atoms with Gasteiger partial charge in [0, 0.05) is 11.1 Å². The van der Waals surface area contributed by atoms with E-state index in [0.29, 0.717) is 22.9 Å². The zero-order valence-electron chi connectivity index (χ0n) is 24.6. The van der Waals surface area contributed by atoms with Crippen LogP contribution in [0.4, 0.5) is 11.4 Å². The van der Waals surface area contributed by atoms with Gasteiger partial charge >= 0.3 is 17.1 Å². The Morgan fingerprint density at radius 1 is 0.447 bits per heavy atom. The maximum Gasteiger partial charge on any atom is 2.00 e. The Bertz CT molecular complexity index is 1850. The summed E-state index contributed by atoms with van der Waals surface area (Å²) in [5.41, 5.74) is 0.475. The van der Waals surface area contributed by atoms with Crippen LogP contribution in [0.15, 0.2) is 129 Å². The van der Waals surface area contributed by atoms with Crippen molar-refractivity contribution in [2.75, 3.05) is 14.2 Å². The SMILES string of the molecule is COc1ccc(N=NC2=C([O-])c3ccccc3C(=O)C2=O)cc1.COc1ccc(N=NC2=C([O-])c3ccccc3C(=O)C2=O)cc1.[Cu+2]. The number of Topliss-reactive ketones (excluding diaryl/α,β-unsaturated/α-hetero) is 4. The number of carbonyl (C=O) groups excluding carboxylic acids is 4. The summed E-state index contributed by atoms with van der Waals surface area (Å²) < 4.78 is 10.0. The van der Waals surface area contributed by atoms with E-state index < -0.39 is 46.0 Å². The first kappa shape index (κ1) is 33.8. The molecule has 0 aliphatic heterocycles. The van der Waals surface area contributed by atoms with Crippen molar-refractivity contribution in [2.24, 2.45) is 20.5 Å². The molecule has 2 aliphatic carbocycles. The van der Waals surface area contributed by atoms with Crippen molar-refractivity contribution in [3.8, 4) is 11.5 Å². The Labute approximate surface area is 278 Å². The average molecular weight is 678 g/mol. The van der Waals surface area contributed by atoms with Crippen LogP contribution >= 0.6 is 0 Å². The molecule has 4 aromatic carbocycles. The van der Waals surface area contributed by atoms with Gasteiger partial charge in [-0.05, 0) is 59.7 Å². The molecule has 0 saturated heterocycles. The molecule has 0 heterocycles. The molecule has 6 rings (SSSR count). The van der Waals surface area contributed by atoms with Crippen LogP contribution in [0.25, 0.3) is 11.5 Å². The third-order valence-corrected chi connectivity index (χ3v) is 6.78. The van der Waals surface area contributed by atoms with E-state index in [1.165, 1.54) is 38.5 Å². The van der Waals surface area contributed by atoms with Crippen LogP contribution in [0.2, 0.25) is 0 Å². The van der Waals surface area contributed by atoms with Crippen molar-refractivity contribution in [1.82, 2.24) is 0 Å². The van der Waals surface area contributed by atoms with Gasteiger partial charge in [0.05, 0.1) is 25.6 Å². The van der Waals surface area contributed by atoms with Gasteiger partial charge in [0.25, 0.3) is 11.6 Å². The minimum Gasteiger partial charge on any atom is -0.870 e. The summed E-state index contributed by atoms with van der Waals surface area (Å²) in [7, 11) is 3.07. The fourth-order valence-electron chi connectivity index (χ4n) is 4.37. The van der Waals surface area contributed by atoms with Crippen molar-refractivity contribution in [2.45, 2.75) is 0 Å². The number of nitrogens with zero attached hydrogens (tertiary/aromatic N) is 4. The van der Waals surface area contributed by atoms with Crippen LogP contribution < -0.4 is 19.7 Å². The molecule has 0 N–H and O–H groups in total. The summed E-state index contributed by atoms with van der Waals surface area (Å²) >= 11 is 0. The molecule has 0 amide bonds. The van der Waals surface area contributed by atoms with Crippen LogP contribution in [0.5, 0.6) is 11.5 Å². The molecule has 237 valence electrons. The van der Waals surface area contributed by atoms with Crippen LogP contribution in [-0.4, -0.2) is 37.4 Å². The van der Waals surface area contributed by atoms with Crippen LogP contribution in [0, 0.1) is 0 Å². The quantitative estimate of drug-likeness (QED) is 0.162. The van der Waals surface area contributed by atoms with Crippen LogP contribution in [-0.2, 0) is 26.7 Å². The second-order valence-electron chi connectivity index (χ2n) is 9.56. The van der Waals surface area contributed by atoms with E-state index in [1.54, 1.807) is 72.8 Å². The maximum atomic E-state index is 12.3. The number of fused-ring (bicyclic) bond motifs is 2. The molecule has 47 heavy (non-hydrogen) atoms. The van der Waals surface area contributed by atoms with Gasteiger partial charge in [-0.25, -0.2) is 0 Å². The fourth-order valence-corrected chi connectivity index (χ4v) is 4.37. The van der Waals surface area contributed by atoms with Crippen molar-refractivity contribution in [1.29, 1.82) is 0 Å². The van der Waals surface area contributed by atoms with Crippen molar-refractivity contribution in [3.63, 3.8) is 0 Å². The first-order valence-electron chi connectivity index (χ1n) is 13.5. The van der Waals surface area contributed by atoms with Crippen molar-refractivity contribution < 1.29 is 55.9 Å². The molecule has 13 heteroatoms. The van der Waals surface area contributed by atoms with Gasteiger partial charge in [0.15, 0.2) is 0 Å². The van der Waals surface area contributed by atoms with Gasteiger partial charge in [-0.3, -0.25) is 19.2 Å². The van der Waals surface area contributed by atoms with Gasteiger partial charge in [0.2, 0.25) is 11.6 Å². The minimum atomic E-state index is -0.939. The van der Waals surface area contributed by atoms with Gasteiger partial charge in [-0.1, -0.05) is 60.0 Å². The molecule has 1 radical (unpaired) electrons. The molecule has 12 nitrogen and oxygen atoms in total. The minimum absolute atomic E-state index is 0. The molecule has 0 unspecified atom stereocenters. The number of hydrogen-bond acceptors (Lipinski definition) is 12. The van der Waals surface area contributed by atoms with E-state index in [-0.39, 0.29) is 39.3 Å². The van der Waals surface area contributed by atoms with Gasteiger partial charge < -0.3 is 19.7 Å². The van der Waals surface area contributed by atoms with E-state index in [1.807, 2.05) is 0 Å². The smallest absolute Gasteiger partial charge is 0.870 e. The first-order chi connectivity index (χ1) is 22.2. The standard InChI is InChI=1S/2C17H12N2O4.Cu/c2*1-23-11-8-6-10(7-9-11)18-19-14-15(20)12-4-2-3-5-13(12)16(21)17(14)22;/h2*2-9,20H,1H3;/q;;+2/p-2. The van der Waals surface area contributed by atoms with E-state index in [0.717, 1.165) is 0 Å². The monoisotopic (exact) mass is 677 g/mol. The Hall–Kier alpha value is -6.04. The molecule has 4 aromatic rings. The molecular weight excluding hydrogens is 656 g/mol. The third kappa shape index (κ3) is 7.11. The Kier molecular flexibility index (Phi) is 10.7. The summed E-state index contributed by atoms with van der Waals surface area (Å²) in [6.45, 7) is 0. The predicted octanol–water partition coefficient (Wildman–Crippen LogP) is 4.54. The summed E-state index contributed by atoms with van der Waals surface area (Å²) in [5, 5.41) is 39.7. The number of benzene rings is 4. The zero-order valence-corrected chi connectivity index (χ0v) is 25.5. The van der Waals surface area contributed by atoms with Crippen LogP contribution in [0.1, 0.15) is 31.8 Å². The molecule has 0 atom stereocenters. The maximum absolute atomic E-state index is 12.3. The second-order valence-corrected chi connectivity index (χ2v) is 9.56. The molecular formula is C34H22CuN4O8. The number of azo groups is 2. The zero-order chi connectivity index (χ0) is 32.8. The Morgan fingerprint density at radius 3 is 1.09 bits per heavy atom. The first-order valence-corrected chi connectivity index (χ1v) is 13.5. The predicted molar refractivity (Wildman–Crippen MR) is 160 cm³/mol. The summed E-state index contributed by atoms with van der Waals surface area (Å²) in [6, 6.07) is 25.5. The Balaban J connectivity index is 0.000000208. The van der Waals surface area contributed by atoms with Crippen molar-refractivity contribution >= 4 is 46.0 Å². The van der Waals surface area contributed by atoms with E-state index in [9.17, 15) is 29.4 Å². The van der Waals surface area contributed by atoms with Gasteiger partial charge in [0.1, 0.15) is 22.9 Å². The average Bonchev–Trinajstić information content (AvgIpc) is 3.10. The van der Waals surface area contributed by atoms with Crippen molar-refractivity contribution in [3.05, 3.63) is 131 Å². The molecule has 0 saturated carbocycles. The number of methoxy groups -OCH3 is 2. The van der Waals surface area contributed by atoms with E-state index in [2.05, 4.69) is 20.5 Å². The topological polar surface area (TPSA) is 182 Å². The normalized spacial score (nSPS) is 14.0. The molecule has 0 fully saturated rings. The summed E-state index contributed by atoms with van der Waals surface area (Å²) in [6.07, 6.45) is 0. The van der Waals surface area contributed by atoms with Gasteiger partial charge in [-0.15, -0.1) is 10.2 Å². The molecule has 0 bridgehead atoms. The summed E-state index contributed by atoms with van der Waals surface area (Å²) in [4.78, 5) is 48.1. The number of ketones is 4. The number of allylic oxidation sites excluding steroid dienone is 2. The number of carbonyl (C=O) groups is 4. The second kappa shape index (κ2) is 14.8. The number of hydrogen-bond donors (Lipinski definition) is 0. The van der Waals surface area contributed by atoms with E-state index >= 15 is 0 Å². The van der Waals surface area contributed by atoms with E-state index in [4.69, 9.17) is 9.47 Å². The number of rotatable bonds is 6. The molecule has 0 aromatic heterocycles. The third-order valence-electron chi connectivity index (χ3n) is 6.78. The number of ether oxygens (including phenoxy) is 2. The molecule has 0 spiro atoms. The summed E-state index contributed by atoms with van der Waals surface area (Å²) in [5.74, 6) is -3.27. The Morgan fingerprint density at radius 2 is 0.766 bits per heavy atom. The van der Waals surface area contributed by atoms with Crippen LogP contribution in [0.3, 0.4) is 0 Å². The molecule has 2 aliphatic rings. The largest absolute Gasteiger partial charge is 2.00 e. The van der Waals surface area contributed by atoms with Gasteiger partial charge in [-0.2, -0.15) is 10.2 Å². The fraction of sp³-hybridized carbons (Fsp3) is 0.0588.